The Hall–Kier alpha value is -2.68. The molecule has 1 aliphatic rings. The molecule has 3 rings (SSSR count). The standard InChI is InChI=1S/C15H15N5O/c1-10(21)17-15-18-14-6-5-13(9-20(14)19-15)12-4-2-3-11(7-12)8-16/h2-4,7,13H,5-6,9H2,1H3,(H,17,19,21). The van der Waals surface area contributed by atoms with E-state index in [0.29, 0.717) is 17.4 Å². The molecule has 0 aliphatic carbocycles. The van der Waals surface area contributed by atoms with Gasteiger partial charge in [-0.3, -0.25) is 10.1 Å². The third kappa shape index (κ3) is 2.77. The van der Waals surface area contributed by atoms with E-state index in [2.05, 4.69) is 21.5 Å². The van der Waals surface area contributed by atoms with E-state index < -0.39 is 0 Å². The van der Waals surface area contributed by atoms with Crippen molar-refractivity contribution >= 4 is 11.9 Å². The van der Waals surface area contributed by atoms with Gasteiger partial charge in [-0.2, -0.15) is 10.2 Å². The van der Waals surface area contributed by atoms with Gasteiger partial charge in [0.05, 0.1) is 11.6 Å². The normalized spacial score (nSPS) is 16.9. The fraction of sp³-hybridized carbons (Fsp3) is 0.333. The Morgan fingerprint density at radius 3 is 3.14 bits per heavy atom. The van der Waals surface area contributed by atoms with Crippen LogP contribution < -0.4 is 5.32 Å². The van der Waals surface area contributed by atoms with Crippen molar-refractivity contribution in [3.05, 3.63) is 41.2 Å². The zero-order valence-corrected chi connectivity index (χ0v) is 11.7. The Balaban J connectivity index is 1.82. The Morgan fingerprint density at radius 1 is 1.52 bits per heavy atom. The van der Waals surface area contributed by atoms with Gasteiger partial charge in [0, 0.05) is 25.8 Å². The molecule has 6 heteroatoms. The number of fused-ring (bicyclic) bond motifs is 1. The predicted octanol–water partition coefficient (Wildman–Crippen LogP) is 1.84. The van der Waals surface area contributed by atoms with Crippen LogP contribution in [-0.4, -0.2) is 20.7 Å². The van der Waals surface area contributed by atoms with Crippen LogP contribution in [0.4, 0.5) is 5.95 Å². The number of hydrogen-bond donors (Lipinski definition) is 1. The van der Waals surface area contributed by atoms with Crippen molar-refractivity contribution in [2.45, 2.75) is 32.2 Å². The van der Waals surface area contributed by atoms with Crippen LogP contribution in [-0.2, 0) is 17.8 Å². The van der Waals surface area contributed by atoms with Crippen LogP contribution in [0.5, 0.6) is 0 Å². The molecule has 0 saturated carbocycles. The Morgan fingerprint density at radius 2 is 2.38 bits per heavy atom. The molecule has 1 N–H and O–H groups in total. The number of aromatic nitrogens is 3. The van der Waals surface area contributed by atoms with Gasteiger partial charge in [-0.1, -0.05) is 12.1 Å². The summed E-state index contributed by atoms with van der Waals surface area (Å²) < 4.78 is 1.85. The Kier molecular flexibility index (Phi) is 3.40. The van der Waals surface area contributed by atoms with Gasteiger partial charge in [-0.05, 0) is 24.1 Å². The summed E-state index contributed by atoms with van der Waals surface area (Å²) in [6, 6.07) is 9.86. The molecular formula is C15H15N5O. The largest absolute Gasteiger partial charge is 0.293 e. The number of nitrogens with one attached hydrogen (secondary N) is 1. The van der Waals surface area contributed by atoms with Crippen LogP contribution >= 0.6 is 0 Å². The molecule has 0 saturated heterocycles. The molecule has 1 aromatic carbocycles. The monoisotopic (exact) mass is 281 g/mol. The second kappa shape index (κ2) is 5.37. The van der Waals surface area contributed by atoms with Crippen LogP contribution in [0.2, 0.25) is 0 Å². The van der Waals surface area contributed by atoms with E-state index in [1.54, 1.807) is 0 Å². The second-order valence-corrected chi connectivity index (χ2v) is 5.19. The molecule has 1 aromatic heterocycles. The summed E-state index contributed by atoms with van der Waals surface area (Å²) in [5, 5.41) is 15.9. The van der Waals surface area contributed by atoms with Crippen LogP contribution in [0, 0.1) is 11.3 Å². The van der Waals surface area contributed by atoms with Gasteiger partial charge in [-0.15, -0.1) is 5.10 Å². The van der Waals surface area contributed by atoms with E-state index in [9.17, 15) is 4.79 Å². The first-order valence-electron chi connectivity index (χ1n) is 6.87. The molecule has 0 bridgehead atoms. The molecule has 1 aliphatic heterocycles. The summed E-state index contributed by atoms with van der Waals surface area (Å²) in [5.41, 5.74) is 1.83. The first kappa shape index (κ1) is 13.3. The molecule has 0 spiro atoms. The molecule has 1 unspecified atom stereocenters. The highest BCUT2D eigenvalue weighted by molar-refractivity contribution is 5.86. The molecule has 2 aromatic rings. The number of anilines is 1. The molecule has 0 fully saturated rings. The van der Waals surface area contributed by atoms with Crippen molar-refractivity contribution < 1.29 is 4.79 Å². The summed E-state index contributed by atoms with van der Waals surface area (Å²) in [4.78, 5) is 15.4. The van der Waals surface area contributed by atoms with Gasteiger partial charge < -0.3 is 0 Å². The topological polar surface area (TPSA) is 83.6 Å². The molecule has 1 amide bonds. The average molecular weight is 281 g/mol. The zero-order chi connectivity index (χ0) is 14.8. The van der Waals surface area contributed by atoms with Crippen LogP contribution in [0.1, 0.15) is 36.2 Å². The van der Waals surface area contributed by atoms with E-state index in [4.69, 9.17) is 5.26 Å². The van der Waals surface area contributed by atoms with E-state index in [0.717, 1.165) is 30.8 Å². The SMILES string of the molecule is CC(=O)Nc1nc2n(n1)CC(c1cccc(C#N)c1)CC2. The smallest absolute Gasteiger partial charge is 0.248 e. The Labute approximate surface area is 122 Å². The van der Waals surface area contributed by atoms with Crippen molar-refractivity contribution in [2.75, 3.05) is 5.32 Å². The number of nitriles is 1. The third-order valence-electron chi connectivity index (χ3n) is 3.63. The lowest BCUT2D eigenvalue weighted by molar-refractivity contribution is -0.114. The second-order valence-electron chi connectivity index (χ2n) is 5.19. The summed E-state index contributed by atoms with van der Waals surface area (Å²) >= 11 is 0. The fourth-order valence-electron chi connectivity index (χ4n) is 2.65. The highest BCUT2D eigenvalue weighted by atomic mass is 16.1. The summed E-state index contributed by atoms with van der Waals surface area (Å²) in [5.74, 6) is 1.41. The van der Waals surface area contributed by atoms with E-state index in [-0.39, 0.29) is 5.91 Å². The Bertz CT molecular complexity index is 728. The van der Waals surface area contributed by atoms with Gasteiger partial charge >= 0.3 is 0 Å². The maximum Gasteiger partial charge on any atom is 0.248 e. The maximum absolute atomic E-state index is 11.1. The lowest BCUT2D eigenvalue weighted by atomic mass is 9.91. The van der Waals surface area contributed by atoms with Crippen LogP contribution in [0.3, 0.4) is 0 Å². The third-order valence-corrected chi connectivity index (χ3v) is 3.63. The molecule has 21 heavy (non-hydrogen) atoms. The van der Waals surface area contributed by atoms with Crippen LogP contribution in [0.25, 0.3) is 0 Å². The van der Waals surface area contributed by atoms with E-state index in [1.165, 1.54) is 6.92 Å². The number of benzene rings is 1. The number of rotatable bonds is 2. The minimum atomic E-state index is -0.170. The number of aryl methyl sites for hydroxylation is 1. The van der Waals surface area contributed by atoms with Gasteiger partial charge in [0.15, 0.2) is 0 Å². The van der Waals surface area contributed by atoms with E-state index in [1.807, 2.05) is 28.9 Å². The van der Waals surface area contributed by atoms with E-state index >= 15 is 0 Å². The maximum atomic E-state index is 11.1. The van der Waals surface area contributed by atoms with Crippen molar-refractivity contribution in [3.63, 3.8) is 0 Å². The number of carbonyl (C=O) groups excluding carboxylic acids is 1. The van der Waals surface area contributed by atoms with Crippen molar-refractivity contribution in [3.8, 4) is 6.07 Å². The molecule has 0 radical (unpaired) electrons. The van der Waals surface area contributed by atoms with Crippen molar-refractivity contribution in [1.82, 2.24) is 14.8 Å². The number of amides is 1. The average Bonchev–Trinajstić information content (AvgIpc) is 2.87. The first-order chi connectivity index (χ1) is 10.2. The lowest BCUT2D eigenvalue weighted by Gasteiger charge is -2.22. The predicted molar refractivity (Wildman–Crippen MR) is 76.5 cm³/mol. The molecule has 6 nitrogen and oxygen atoms in total. The van der Waals surface area contributed by atoms with Crippen molar-refractivity contribution in [1.29, 1.82) is 5.26 Å². The minimum absolute atomic E-state index is 0.170. The lowest BCUT2D eigenvalue weighted by Crippen LogP contribution is -2.20. The van der Waals surface area contributed by atoms with Crippen molar-refractivity contribution in [2.24, 2.45) is 0 Å². The summed E-state index contributed by atoms with van der Waals surface area (Å²) in [6.45, 7) is 2.16. The highest BCUT2D eigenvalue weighted by Gasteiger charge is 2.23. The zero-order valence-electron chi connectivity index (χ0n) is 11.7. The summed E-state index contributed by atoms with van der Waals surface area (Å²) in [6.07, 6.45) is 1.78. The summed E-state index contributed by atoms with van der Waals surface area (Å²) in [7, 11) is 0. The van der Waals surface area contributed by atoms with Gasteiger partial charge in [0.2, 0.25) is 11.9 Å². The van der Waals surface area contributed by atoms with Crippen LogP contribution in [0.15, 0.2) is 24.3 Å². The molecule has 106 valence electrons. The van der Waals surface area contributed by atoms with Gasteiger partial charge in [-0.25, -0.2) is 4.68 Å². The quantitative estimate of drug-likeness (QED) is 0.910. The highest BCUT2D eigenvalue weighted by Crippen LogP contribution is 2.28. The molecular weight excluding hydrogens is 266 g/mol. The fourth-order valence-corrected chi connectivity index (χ4v) is 2.65. The van der Waals surface area contributed by atoms with Gasteiger partial charge in [0.1, 0.15) is 5.82 Å². The first-order valence-corrected chi connectivity index (χ1v) is 6.87. The number of hydrogen-bond acceptors (Lipinski definition) is 4. The van der Waals surface area contributed by atoms with Gasteiger partial charge in [0.25, 0.3) is 0 Å². The minimum Gasteiger partial charge on any atom is -0.293 e. The number of nitrogens with zero attached hydrogens (tertiary/aromatic N) is 4. The molecule has 2 heterocycles. The molecule has 1 atom stereocenters. The number of carbonyl (C=O) groups is 1.